The van der Waals surface area contributed by atoms with Crippen LogP contribution in [0.2, 0.25) is 0 Å². The first-order valence-corrected chi connectivity index (χ1v) is 15.6. The summed E-state index contributed by atoms with van der Waals surface area (Å²) in [4.78, 5) is 29.3. The van der Waals surface area contributed by atoms with Crippen LogP contribution in [0.5, 0.6) is 5.75 Å². The van der Waals surface area contributed by atoms with E-state index < -0.39 is 28.5 Å². The molecule has 4 aromatic carbocycles. The molecular weight excluding hydrogens is 562 g/mol. The minimum atomic E-state index is -4.21. The number of aryl methyl sites for hydroxylation is 1. The molecule has 4 aromatic rings. The first-order chi connectivity index (χ1) is 20.7. The summed E-state index contributed by atoms with van der Waals surface area (Å²) in [6.07, 6.45) is 0.249. The Morgan fingerprint density at radius 1 is 0.837 bits per heavy atom. The van der Waals surface area contributed by atoms with Crippen molar-refractivity contribution < 1.29 is 22.7 Å². The molecule has 2 amide bonds. The summed E-state index contributed by atoms with van der Waals surface area (Å²) < 4.78 is 35.1. The Labute approximate surface area is 254 Å². The molecule has 0 fully saturated rings. The topological polar surface area (TPSA) is 96.0 Å². The molecule has 0 aliphatic heterocycles. The molecule has 0 bridgehead atoms. The van der Waals surface area contributed by atoms with Crippen LogP contribution in [-0.2, 0) is 32.6 Å². The van der Waals surface area contributed by atoms with Gasteiger partial charge >= 0.3 is 0 Å². The van der Waals surface area contributed by atoms with Gasteiger partial charge < -0.3 is 15.0 Å². The van der Waals surface area contributed by atoms with Crippen molar-refractivity contribution in [2.45, 2.75) is 37.8 Å². The summed E-state index contributed by atoms with van der Waals surface area (Å²) in [5, 5.41) is 2.70. The molecular formula is C34H37N3O5S. The van der Waals surface area contributed by atoms with Crippen LogP contribution in [0.1, 0.15) is 23.6 Å². The minimum absolute atomic E-state index is 0.0338. The highest BCUT2D eigenvalue weighted by Gasteiger charge is 2.35. The number of hydrogen-bond acceptors (Lipinski definition) is 5. The molecule has 0 aromatic heterocycles. The van der Waals surface area contributed by atoms with Gasteiger partial charge in [0.05, 0.1) is 17.2 Å². The number of rotatable bonds is 13. The number of likely N-dealkylation sites (N-methyl/N-ethyl adjacent to an activating group) is 1. The molecule has 8 nitrogen and oxygen atoms in total. The van der Waals surface area contributed by atoms with Gasteiger partial charge in [0.1, 0.15) is 18.3 Å². The average molecular weight is 600 g/mol. The smallest absolute Gasteiger partial charge is 0.264 e. The average Bonchev–Trinajstić information content (AvgIpc) is 3.02. The Hall–Kier alpha value is -4.63. The van der Waals surface area contributed by atoms with E-state index in [0.29, 0.717) is 12.4 Å². The van der Waals surface area contributed by atoms with Crippen LogP contribution in [-0.4, -0.2) is 51.4 Å². The fraction of sp³-hybridized carbons (Fsp3) is 0.235. The van der Waals surface area contributed by atoms with Crippen LogP contribution in [0.25, 0.3) is 0 Å². The third-order valence-corrected chi connectivity index (χ3v) is 8.77. The van der Waals surface area contributed by atoms with Gasteiger partial charge in [0.25, 0.3) is 10.0 Å². The van der Waals surface area contributed by atoms with E-state index in [1.807, 2.05) is 61.5 Å². The van der Waals surface area contributed by atoms with Crippen molar-refractivity contribution in [2.75, 3.05) is 24.5 Å². The molecule has 9 heteroatoms. The van der Waals surface area contributed by atoms with Crippen molar-refractivity contribution in [1.29, 1.82) is 0 Å². The number of carbonyl (C=O) groups is 2. The Kier molecular flexibility index (Phi) is 10.6. The van der Waals surface area contributed by atoms with Gasteiger partial charge in [0.15, 0.2) is 0 Å². The number of benzene rings is 4. The van der Waals surface area contributed by atoms with E-state index in [1.54, 1.807) is 49.4 Å². The number of sulfonamides is 1. The second-order valence-corrected chi connectivity index (χ2v) is 11.9. The fourth-order valence-corrected chi connectivity index (χ4v) is 6.35. The predicted octanol–water partition coefficient (Wildman–Crippen LogP) is 4.98. The lowest BCUT2D eigenvalue weighted by Gasteiger charge is -2.34. The summed E-state index contributed by atoms with van der Waals surface area (Å²) in [5.74, 6) is -0.552. The van der Waals surface area contributed by atoms with Crippen molar-refractivity contribution in [3.05, 3.63) is 126 Å². The molecule has 0 aliphatic rings. The summed E-state index contributed by atoms with van der Waals surface area (Å²) in [6.45, 7) is 3.63. The lowest BCUT2D eigenvalue weighted by atomic mass is 10.0. The standard InChI is InChI=1S/C34H37N3O5S/c1-4-42-32-21-12-11-20-30(32)37(43(40,41)29-18-9-6-10-19-29)25-33(38)36(24-28-17-13-14-26(2)22-28)31(34(39)35-3)23-27-15-7-5-8-16-27/h5-22,31H,4,23-25H2,1-3H3,(H,35,39)/t31-/m0/s1. The van der Waals surface area contributed by atoms with Gasteiger partial charge in [-0.3, -0.25) is 13.9 Å². The van der Waals surface area contributed by atoms with E-state index in [0.717, 1.165) is 21.0 Å². The molecule has 1 N–H and O–H groups in total. The van der Waals surface area contributed by atoms with Crippen molar-refractivity contribution in [2.24, 2.45) is 0 Å². The van der Waals surface area contributed by atoms with Crippen molar-refractivity contribution in [1.82, 2.24) is 10.2 Å². The fourth-order valence-electron chi connectivity index (χ4n) is 4.90. The zero-order valence-electron chi connectivity index (χ0n) is 24.6. The number of anilines is 1. The first kappa shape index (κ1) is 31.3. The van der Waals surface area contributed by atoms with Crippen LogP contribution in [0.15, 0.2) is 114 Å². The maximum Gasteiger partial charge on any atom is 0.264 e. The highest BCUT2D eigenvalue weighted by Crippen LogP contribution is 2.33. The second kappa shape index (κ2) is 14.5. The van der Waals surface area contributed by atoms with E-state index in [9.17, 15) is 18.0 Å². The molecule has 0 heterocycles. The van der Waals surface area contributed by atoms with E-state index in [-0.39, 0.29) is 29.5 Å². The van der Waals surface area contributed by atoms with Crippen molar-refractivity contribution >= 4 is 27.5 Å². The van der Waals surface area contributed by atoms with E-state index in [4.69, 9.17) is 4.74 Å². The molecule has 43 heavy (non-hydrogen) atoms. The van der Waals surface area contributed by atoms with Gasteiger partial charge in [0, 0.05) is 20.0 Å². The maximum absolute atomic E-state index is 14.4. The Balaban J connectivity index is 1.82. The quantitative estimate of drug-likeness (QED) is 0.234. The van der Waals surface area contributed by atoms with Crippen LogP contribution in [0, 0.1) is 6.92 Å². The molecule has 0 aliphatic carbocycles. The SMILES string of the molecule is CCOc1ccccc1N(CC(=O)N(Cc1cccc(C)c1)[C@@H](Cc1ccccc1)C(=O)NC)S(=O)(=O)c1ccccc1. The third-order valence-electron chi connectivity index (χ3n) is 7.00. The summed E-state index contributed by atoms with van der Waals surface area (Å²) in [7, 11) is -2.68. The van der Waals surface area contributed by atoms with Crippen LogP contribution in [0.3, 0.4) is 0 Å². The van der Waals surface area contributed by atoms with Gasteiger partial charge in [0.2, 0.25) is 11.8 Å². The number of carbonyl (C=O) groups excluding carboxylic acids is 2. The molecule has 224 valence electrons. The van der Waals surface area contributed by atoms with Gasteiger partial charge in [-0.1, -0.05) is 90.5 Å². The van der Waals surface area contributed by atoms with Gasteiger partial charge in [-0.2, -0.15) is 0 Å². The Bertz CT molecular complexity index is 1630. The van der Waals surface area contributed by atoms with Crippen molar-refractivity contribution in [3.63, 3.8) is 0 Å². The van der Waals surface area contributed by atoms with E-state index in [2.05, 4.69) is 5.32 Å². The molecule has 0 radical (unpaired) electrons. The van der Waals surface area contributed by atoms with Crippen molar-refractivity contribution in [3.8, 4) is 5.75 Å². The number of ether oxygens (including phenoxy) is 1. The molecule has 0 saturated heterocycles. The highest BCUT2D eigenvalue weighted by atomic mass is 32.2. The molecule has 0 spiro atoms. The van der Waals surface area contributed by atoms with Crippen LogP contribution < -0.4 is 14.4 Å². The highest BCUT2D eigenvalue weighted by molar-refractivity contribution is 7.92. The molecule has 0 unspecified atom stereocenters. The first-order valence-electron chi connectivity index (χ1n) is 14.1. The van der Waals surface area contributed by atoms with Crippen LogP contribution >= 0.6 is 0 Å². The third kappa shape index (κ3) is 7.81. The number of nitrogens with zero attached hydrogens (tertiary/aromatic N) is 2. The van der Waals surface area contributed by atoms with E-state index >= 15 is 0 Å². The number of hydrogen-bond donors (Lipinski definition) is 1. The predicted molar refractivity (Wildman–Crippen MR) is 168 cm³/mol. The van der Waals surface area contributed by atoms with Gasteiger partial charge in [-0.15, -0.1) is 0 Å². The molecule has 0 saturated carbocycles. The zero-order chi connectivity index (χ0) is 30.8. The molecule has 1 atom stereocenters. The summed E-state index contributed by atoms with van der Waals surface area (Å²) in [6, 6.07) is 30.9. The summed E-state index contributed by atoms with van der Waals surface area (Å²) in [5.41, 5.74) is 2.93. The maximum atomic E-state index is 14.4. The number of nitrogens with one attached hydrogen (secondary N) is 1. The summed E-state index contributed by atoms with van der Waals surface area (Å²) >= 11 is 0. The number of amides is 2. The normalized spacial score (nSPS) is 11.8. The number of para-hydroxylation sites is 2. The molecule has 4 rings (SSSR count). The largest absolute Gasteiger partial charge is 0.492 e. The monoisotopic (exact) mass is 599 g/mol. The van der Waals surface area contributed by atoms with Crippen LogP contribution in [0.4, 0.5) is 5.69 Å². The lowest BCUT2D eigenvalue weighted by Crippen LogP contribution is -2.53. The Morgan fingerprint density at radius 2 is 1.47 bits per heavy atom. The Morgan fingerprint density at radius 3 is 2.12 bits per heavy atom. The second-order valence-electron chi connectivity index (χ2n) is 10.1. The van der Waals surface area contributed by atoms with E-state index in [1.165, 1.54) is 24.1 Å². The zero-order valence-corrected chi connectivity index (χ0v) is 25.5. The van der Waals surface area contributed by atoms with Gasteiger partial charge in [-0.05, 0) is 49.2 Å². The minimum Gasteiger partial charge on any atom is -0.492 e. The lowest BCUT2D eigenvalue weighted by molar-refractivity contribution is -0.139. The van der Waals surface area contributed by atoms with Gasteiger partial charge in [-0.25, -0.2) is 8.42 Å².